The van der Waals surface area contributed by atoms with Gasteiger partial charge >= 0.3 is 0 Å². The van der Waals surface area contributed by atoms with Crippen molar-refractivity contribution < 1.29 is 13.9 Å². The molecule has 4 aromatic rings. The summed E-state index contributed by atoms with van der Waals surface area (Å²) >= 11 is 6.22. The first-order chi connectivity index (χ1) is 16.7. The van der Waals surface area contributed by atoms with E-state index in [2.05, 4.69) is 10.4 Å². The molecule has 0 atom stereocenters. The molecule has 5 nitrogen and oxygen atoms in total. The molecule has 4 rings (SSSR count). The zero-order valence-corrected chi connectivity index (χ0v) is 20.9. The number of aromatic nitrogens is 2. The molecule has 0 saturated carbocycles. The third kappa shape index (κ3) is 5.54. The van der Waals surface area contributed by atoms with Gasteiger partial charge in [0.25, 0.3) is 5.91 Å². The Morgan fingerprint density at radius 2 is 1.69 bits per heavy atom. The quantitative estimate of drug-likeness (QED) is 0.309. The summed E-state index contributed by atoms with van der Waals surface area (Å²) in [4.78, 5) is 12.9. The number of carbonyl (C=O) groups is 1. The second-order valence-corrected chi connectivity index (χ2v) is 8.98. The van der Waals surface area contributed by atoms with Crippen molar-refractivity contribution in [3.05, 3.63) is 111 Å². The number of carbonyl (C=O) groups excluding carboxylic acids is 1. The summed E-state index contributed by atoms with van der Waals surface area (Å²) in [6.07, 6.45) is 0. The van der Waals surface area contributed by atoms with Gasteiger partial charge in [-0.3, -0.25) is 9.48 Å². The van der Waals surface area contributed by atoms with Crippen LogP contribution in [-0.4, -0.2) is 15.7 Å². The largest absolute Gasteiger partial charge is 0.489 e. The fourth-order valence-electron chi connectivity index (χ4n) is 3.91. The molecule has 0 saturated heterocycles. The second kappa shape index (κ2) is 10.3. The highest BCUT2D eigenvalue weighted by molar-refractivity contribution is 6.32. The summed E-state index contributed by atoms with van der Waals surface area (Å²) < 4.78 is 21.7. The highest BCUT2D eigenvalue weighted by Gasteiger charge is 2.16. The number of aryl methyl sites for hydroxylation is 3. The van der Waals surface area contributed by atoms with Gasteiger partial charge in [0.05, 0.1) is 23.6 Å². The maximum atomic E-state index is 14.1. The fourth-order valence-corrected chi connectivity index (χ4v) is 4.02. The van der Waals surface area contributed by atoms with Gasteiger partial charge < -0.3 is 10.1 Å². The van der Waals surface area contributed by atoms with Crippen LogP contribution in [0.3, 0.4) is 0 Å². The van der Waals surface area contributed by atoms with E-state index in [0.29, 0.717) is 29.1 Å². The molecule has 35 heavy (non-hydrogen) atoms. The van der Waals surface area contributed by atoms with E-state index in [1.54, 1.807) is 35.0 Å². The first-order valence-electron chi connectivity index (χ1n) is 11.3. The van der Waals surface area contributed by atoms with Crippen LogP contribution in [0.25, 0.3) is 0 Å². The second-order valence-electron chi connectivity index (χ2n) is 8.61. The summed E-state index contributed by atoms with van der Waals surface area (Å²) in [5.41, 5.74) is 6.01. The molecule has 0 radical (unpaired) electrons. The Hall–Kier alpha value is -3.64. The predicted molar refractivity (Wildman–Crippen MR) is 137 cm³/mol. The summed E-state index contributed by atoms with van der Waals surface area (Å²) in [5.74, 6) is 0.235. The van der Waals surface area contributed by atoms with Gasteiger partial charge in [-0.2, -0.15) is 5.10 Å². The van der Waals surface area contributed by atoms with Crippen LogP contribution in [0.2, 0.25) is 5.02 Å². The molecule has 0 fully saturated rings. The van der Waals surface area contributed by atoms with Crippen molar-refractivity contribution in [2.75, 3.05) is 5.32 Å². The number of ether oxygens (including phenoxy) is 1. The molecule has 0 spiro atoms. The molecule has 1 N–H and O–H groups in total. The summed E-state index contributed by atoms with van der Waals surface area (Å²) in [6, 6.07) is 17.7. The van der Waals surface area contributed by atoms with Crippen molar-refractivity contribution in [1.29, 1.82) is 0 Å². The number of benzene rings is 3. The molecule has 0 bridgehead atoms. The maximum Gasteiger partial charge on any atom is 0.255 e. The van der Waals surface area contributed by atoms with Gasteiger partial charge in [0.15, 0.2) is 0 Å². The number of rotatable bonds is 7. The zero-order chi connectivity index (χ0) is 25.1. The average molecular weight is 492 g/mol. The van der Waals surface area contributed by atoms with Crippen LogP contribution < -0.4 is 10.1 Å². The molecule has 0 aliphatic carbocycles. The monoisotopic (exact) mass is 491 g/mol. The molecule has 180 valence electrons. The Bertz CT molecular complexity index is 1360. The van der Waals surface area contributed by atoms with Crippen molar-refractivity contribution in [2.45, 2.75) is 40.8 Å². The van der Waals surface area contributed by atoms with E-state index < -0.39 is 0 Å². The van der Waals surface area contributed by atoms with E-state index in [9.17, 15) is 9.18 Å². The van der Waals surface area contributed by atoms with Crippen molar-refractivity contribution >= 4 is 23.2 Å². The topological polar surface area (TPSA) is 56.1 Å². The van der Waals surface area contributed by atoms with E-state index in [1.807, 2.05) is 52.0 Å². The third-order valence-corrected chi connectivity index (χ3v) is 6.53. The van der Waals surface area contributed by atoms with Gasteiger partial charge in [-0.25, -0.2) is 4.39 Å². The molecule has 0 aliphatic heterocycles. The Kier molecular flexibility index (Phi) is 7.22. The first-order valence-corrected chi connectivity index (χ1v) is 11.7. The highest BCUT2D eigenvalue weighted by atomic mass is 35.5. The van der Waals surface area contributed by atoms with Crippen molar-refractivity contribution in [3.63, 3.8) is 0 Å². The number of anilines is 1. The van der Waals surface area contributed by atoms with Crippen LogP contribution in [0.5, 0.6) is 5.75 Å². The SMILES string of the molecule is Cc1cc(OCc2ccc(C(=O)Nc3c(C)nn(Cc4ccccc4F)c3C)cc2)cc(C)c1Cl. The first kappa shape index (κ1) is 24.5. The lowest BCUT2D eigenvalue weighted by molar-refractivity contribution is 0.102. The predicted octanol–water partition coefficient (Wildman–Crippen LogP) is 6.79. The van der Waals surface area contributed by atoms with Crippen LogP contribution >= 0.6 is 11.6 Å². The van der Waals surface area contributed by atoms with Gasteiger partial charge in [-0.05, 0) is 74.7 Å². The number of halogens is 2. The lowest BCUT2D eigenvalue weighted by Gasteiger charge is -2.11. The summed E-state index contributed by atoms with van der Waals surface area (Å²) in [7, 11) is 0. The lowest BCUT2D eigenvalue weighted by Crippen LogP contribution is -2.13. The number of hydrogen-bond donors (Lipinski definition) is 1. The minimum atomic E-state index is -0.281. The van der Waals surface area contributed by atoms with E-state index in [0.717, 1.165) is 33.2 Å². The molecule has 1 aromatic heterocycles. The Labute approximate surface area is 209 Å². The van der Waals surface area contributed by atoms with Crippen LogP contribution in [0, 0.1) is 33.5 Å². The molecular formula is C28H27ClFN3O2. The molecule has 0 aliphatic rings. The molecule has 0 unspecified atom stereocenters. The van der Waals surface area contributed by atoms with Crippen LogP contribution in [0.15, 0.2) is 60.7 Å². The summed E-state index contributed by atoms with van der Waals surface area (Å²) in [6.45, 7) is 8.24. The van der Waals surface area contributed by atoms with E-state index in [-0.39, 0.29) is 18.3 Å². The molecule has 1 heterocycles. The maximum absolute atomic E-state index is 14.1. The number of hydrogen-bond acceptors (Lipinski definition) is 3. The minimum Gasteiger partial charge on any atom is -0.489 e. The Morgan fingerprint density at radius 3 is 2.34 bits per heavy atom. The number of nitrogens with zero attached hydrogens (tertiary/aromatic N) is 2. The lowest BCUT2D eigenvalue weighted by atomic mass is 10.1. The van der Waals surface area contributed by atoms with Crippen LogP contribution in [0.1, 0.15) is 44.0 Å². The van der Waals surface area contributed by atoms with Gasteiger partial charge in [0, 0.05) is 16.1 Å². The normalized spacial score (nSPS) is 10.9. The Morgan fingerprint density at radius 1 is 1.03 bits per heavy atom. The van der Waals surface area contributed by atoms with Gasteiger partial charge in [0.1, 0.15) is 18.2 Å². The molecule has 1 amide bonds. The average Bonchev–Trinajstić information content (AvgIpc) is 3.10. The number of nitrogens with one attached hydrogen (secondary N) is 1. The Balaban J connectivity index is 1.41. The van der Waals surface area contributed by atoms with E-state index >= 15 is 0 Å². The molecule has 7 heteroatoms. The van der Waals surface area contributed by atoms with Crippen molar-refractivity contribution in [3.8, 4) is 5.75 Å². The highest BCUT2D eigenvalue weighted by Crippen LogP contribution is 2.26. The van der Waals surface area contributed by atoms with Gasteiger partial charge in [-0.15, -0.1) is 0 Å². The van der Waals surface area contributed by atoms with Crippen LogP contribution in [-0.2, 0) is 13.2 Å². The number of amides is 1. The van der Waals surface area contributed by atoms with Crippen molar-refractivity contribution in [2.24, 2.45) is 0 Å². The van der Waals surface area contributed by atoms with E-state index in [4.69, 9.17) is 16.3 Å². The van der Waals surface area contributed by atoms with Gasteiger partial charge in [0.2, 0.25) is 0 Å². The minimum absolute atomic E-state index is 0.238. The van der Waals surface area contributed by atoms with E-state index in [1.165, 1.54) is 6.07 Å². The summed E-state index contributed by atoms with van der Waals surface area (Å²) in [5, 5.41) is 8.19. The fraction of sp³-hybridized carbons (Fsp3) is 0.214. The standard InChI is InChI=1S/C28H27ClFN3O2/c1-17-13-24(14-18(2)26(17)29)35-16-21-9-11-22(12-10-21)28(34)31-27-19(3)32-33(20(27)4)15-23-7-5-6-8-25(23)30/h5-14H,15-16H2,1-4H3,(H,31,34). The van der Waals surface area contributed by atoms with Gasteiger partial charge in [-0.1, -0.05) is 41.9 Å². The molecule has 3 aromatic carbocycles. The molecular weight excluding hydrogens is 465 g/mol. The third-order valence-electron chi connectivity index (χ3n) is 5.93. The smallest absolute Gasteiger partial charge is 0.255 e. The zero-order valence-electron chi connectivity index (χ0n) is 20.2. The van der Waals surface area contributed by atoms with Crippen molar-refractivity contribution in [1.82, 2.24) is 9.78 Å². The van der Waals surface area contributed by atoms with Crippen LogP contribution in [0.4, 0.5) is 10.1 Å².